The molecule has 1 aromatic carbocycles. The van der Waals surface area contributed by atoms with Crippen LogP contribution in [0.2, 0.25) is 5.02 Å². The predicted octanol–water partition coefficient (Wildman–Crippen LogP) is 3.25. The highest BCUT2D eigenvalue weighted by atomic mass is 35.5. The zero-order chi connectivity index (χ0) is 11.7. The van der Waals surface area contributed by atoms with Crippen molar-refractivity contribution in [3.05, 3.63) is 34.9 Å². The van der Waals surface area contributed by atoms with Crippen LogP contribution in [0, 0.1) is 0 Å². The lowest BCUT2D eigenvalue weighted by molar-refractivity contribution is -0.103. The zero-order valence-electron chi connectivity index (χ0n) is 8.60. The molecule has 4 heteroatoms. The third-order valence-electron chi connectivity index (χ3n) is 2.68. The van der Waals surface area contributed by atoms with E-state index in [0.29, 0.717) is 10.6 Å². The first kappa shape index (κ1) is 12.4. The molecular weight excluding hydrogens is 222 g/mol. The average Bonchev–Trinajstić information content (AvgIpc) is 2.18. The Balaban J connectivity index is 3.10. The third kappa shape index (κ3) is 2.29. The summed E-state index contributed by atoms with van der Waals surface area (Å²) in [5, 5.41) is 9.17. The SMILES string of the molecule is CC(C)(c1ccc(Cl)cc1)C(F)(F)CO. The van der Waals surface area contributed by atoms with Crippen molar-refractivity contribution in [2.45, 2.75) is 25.2 Å². The summed E-state index contributed by atoms with van der Waals surface area (Å²) in [5.41, 5.74) is -0.960. The third-order valence-corrected chi connectivity index (χ3v) is 2.93. The fourth-order valence-corrected chi connectivity index (χ4v) is 1.40. The molecule has 0 saturated carbocycles. The minimum absolute atomic E-state index is 0.450. The molecule has 0 unspecified atom stereocenters. The van der Waals surface area contributed by atoms with Gasteiger partial charge in [-0.25, -0.2) is 8.78 Å². The Morgan fingerprint density at radius 1 is 1.20 bits per heavy atom. The zero-order valence-corrected chi connectivity index (χ0v) is 9.35. The maximum absolute atomic E-state index is 13.4. The van der Waals surface area contributed by atoms with Gasteiger partial charge in [0, 0.05) is 5.02 Å². The minimum atomic E-state index is -3.15. The lowest BCUT2D eigenvalue weighted by atomic mass is 9.79. The first-order valence-corrected chi connectivity index (χ1v) is 4.94. The first-order valence-electron chi connectivity index (χ1n) is 4.56. The van der Waals surface area contributed by atoms with E-state index in [-0.39, 0.29) is 0 Å². The van der Waals surface area contributed by atoms with Gasteiger partial charge in [0.15, 0.2) is 0 Å². The van der Waals surface area contributed by atoms with Crippen LogP contribution in [0.4, 0.5) is 8.78 Å². The van der Waals surface area contributed by atoms with Gasteiger partial charge in [-0.1, -0.05) is 23.7 Å². The Morgan fingerprint density at radius 2 is 1.67 bits per heavy atom. The number of alkyl halides is 2. The van der Waals surface area contributed by atoms with Gasteiger partial charge in [0.1, 0.15) is 6.61 Å². The Kier molecular flexibility index (Phi) is 3.36. The summed E-state index contributed by atoms with van der Waals surface area (Å²) in [4.78, 5) is 0. The van der Waals surface area contributed by atoms with Gasteiger partial charge < -0.3 is 5.11 Å². The molecule has 1 N–H and O–H groups in total. The number of rotatable bonds is 3. The van der Waals surface area contributed by atoms with Crippen LogP contribution in [0.25, 0.3) is 0 Å². The van der Waals surface area contributed by atoms with Gasteiger partial charge in [-0.3, -0.25) is 0 Å². The Labute approximate surface area is 92.7 Å². The summed E-state index contributed by atoms with van der Waals surface area (Å²) < 4.78 is 26.9. The normalized spacial score (nSPS) is 12.9. The summed E-state index contributed by atoms with van der Waals surface area (Å²) in [5.74, 6) is -3.15. The highest BCUT2D eigenvalue weighted by molar-refractivity contribution is 6.30. The van der Waals surface area contributed by atoms with Crippen LogP contribution >= 0.6 is 11.6 Å². The van der Waals surface area contributed by atoms with Crippen LogP contribution < -0.4 is 0 Å². The van der Waals surface area contributed by atoms with Crippen LogP contribution in [-0.2, 0) is 5.41 Å². The predicted molar refractivity (Wildman–Crippen MR) is 56.5 cm³/mol. The van der Waals surface area contributed by atoms with Crippen molar-refractivity contribution in [2.24, 2.45) is 0 Å². The molecule has 0 radical (unpaired) electrons. The second-order valence-electron chi connectivity index (χ2n) is 3.99. The number of halogens is 3. The Hall–Kier alpha value is -0.670. The van der Waals surface area contributed by atoms with E-state index in [1.807, 2.05) is 0 Å². The molecule has 0 saturated heterocycles. The fraction of sp³-hybridized carbons (Fsp3) is 0.455. The molecule has 0 heterocycles. The van der Waals surface area contributed by atoms with E-state index in [1.54, 1.807) is 24.3 Å². The molecule has 0 bridgehead atoms. The first-order chi connectivity index (χ1) is 6.81. The molecule has 0 aliphatic carbocycles. The van der Waals surface area contributed by atoms with Gasteiger partial charge in [-0.05, 0) is 31.5 Å². The Bertz CT molecular complexity index is 333. The highest BCUT2D eigenvalue weighted by Gasteiger charge is 2.47. The maximum atomic E-state index is 13.4. The van der Waals surface area contributed by atoms with E-state index in [1.165, 1.54) is 13.8 Å². The summed E-state index contributed by atoms with van der Waals surface area (Å²) in [6, 6.07) is 6.22. The fourth-order valence-electron chi connectivity index (χ4n) is 1.28. The van der Waals surface area contributed by atoms with Gasteiger partial charge in [-0.2, -0.15) is 0 Å². The molecular formula is C11H13ClF2O. The van der Waals surface area contributed by atoms with Gasteiger partial charge in [0.25, 0.3) is 5.92 Å². The number of hydrogen-bond donors (Lipinski definition) is 1. The Morgan fingerprint density at radius 3 is 2.07 bits per heavy atom. The topological polar surface area (TPSA) is 20.2 Å². The summed E-state index contributed by atoms with van der Waals surface area (Å²) in [6.45, 7) is 1.63. The summed E-state index contributed by atoms with van der Waals surface area (Å²) >= 11 is 5.67. The molecule has 0 aromatic heterocycles. The summed E-state index contributed by atoms with van der Waals surface area (Å²) in [6.07, 6.45) is 0. The van der Waals surface area contributed by atoms with Gasteiger partial charge in [0.2, 0.25) is 0 Å². The van der Waals surface area contributed by atoms with Crippen molar-refractivity contribution in [3.63, 3.8) is 0 Å². The largest absolute Gasteiger partial charge is 0.390 e. The number of aliphatic hydroxyl groups excluding tert-OH is 1. The van der Waals surface area contributed by atoms with E-state index in [0.717, 1.165) is 0 Å². The molecule has 0 amide bonds. The van der Waals surface area contributed by atoms with E-state index >= 15 is 0 Å². The van der Waals surface area contributed by atoms with Crippen LogP contribution in [0.5, 0.6) is 0 Å². The van der Waals surface area contributed by atoms with Crippen molar-refractivity contribution in [2.75, 3.05) is 6.61 Å². The lowest BCUT2D eigenvalue weighted by Crippen LogP contribution is -2.43. The van der Waals surface area contributed by atoms with Crippen molar-refractivity contribution < 1.29 is 13.9 Å². The van der Waals surface area contributed by atoms with Crippen LogP contribution in [0.1, 0.15) is 19.4 Å². The van der Waals surface area contributed by atoms with Gasteiger partial charge in [-0.15, -0.1) is 0 Å². The molecule has 84 valence electrons. The molecule has 15 heavy (non-hydrogen) atoms. The number of hydrogen-bond acceptors (Lipinski definition) is 1. The molecule has 0 spiro atoms. The smallest absolute Gasteiger partial charge is 0.279 e. The summed E-state index contributed by atoms with van der Waals surface area (Å²) in [7, 11) is 0. The molecule has 0 fully saturated rings. The molecule has 1 rings (SSSR count). The van der Waals surface area contributed by atoms with Crippen molar-refractivity contribution in [3.8, 4) is 0 Å². The van der Waals surface area contributed by atoms with Gasteiger partial charge >= 0.3 is 0 Å². The molecule has 1 nitrogen and oxygen atoms in total. The van der Waals surface area contributed by atoms with Gasteiger partial charge in [0.05, 0.1) is 5.41 Å². The van der Waals surface area contributed by atoms with E-state index in [2.05, 4.69) is 0 Å². The second-order valence-corrected chi connectivity index (χ2v) is 4.43. The molecule has 0 atom stereocenters. The lowest BCUT2D eigenvalue weighted by Gasteiger charge is -2.33. The van der Waals surface area contributed by atoms with Crippen LogP contribution in [0.15, 0.2) is 24.3 Å². The van der Waals surface area contributed by atoms with Crippen LogP contribution in [0.3, 0.4) is 0 Å². The monoisotopic (exact) mass is 234 g/mol. The quantitative estimate of drug-likeness (QED) is 0.851. The molecule has 0 aliphatic rings. The van der Waals surface area contributed by atoms with Crippen LogP contribution in [-0.4, -0.2) is 17.6 Å². The minimum Gasteiger partial charge on any atom is -0.390 e. The van der Waals surface area contributed by atoms with Crippen molar-refractivity contribution >= 4 is 11.6 Å². The molecule has 1 aromatic rings. The standard InChI is InChI=1S/C11H13ClF2O/c1-10(2,11(13,14)7-15)8-3-5-9(12)6-4-8/h3-6,15H,7H2,1-2H3. The second kappa shape index (κ2) is 4.06. The van der Waals surface area contributed by atoms with Crippen molar-refractivity contribution in [1.82, 2.24) is 0 Å². The number of aliphatic hydroxyl groups is 1. The van der Waals surface area contributed by atoms with E-state index < -0.39 is 17.9 Å². The maximum Gasteiger partial charge on any atom is 0.279 e. The van der Waals surface area contributed by atoms with Crippen molar-refractivity contribution in [1.29, 1.82) is 0 Å². The number of benzene rings is 1. The highest BCUT2D eigenvalue weighted by Crippen LogP contribution is 2.39. The average molecular weight is 235 g/mol. The van der Waals surface area contributed by atoms with E-state index in [9.17, 15) is 8.78 Å². The van der Waals surface area contributed by atoms with E-state index in [4.69, 9.17) is 16.7 Å². The molecule has 0 aliphatic heterocycles.